The highest BCUT2D eigenvalue weighted by atomic mass is 19.4. The first-order chi connectivity index (χ1) is 13.1. The molecule has 144 valence electrons. The van der Waals surface area contributed by atoms with Gasteiger partial charge >= 0.3 is 17.6 Å². The zero-order chi connectivity index (χ0) is 20.6. The third kappa shape index (κ3) is 3.34. The predicted molar refractivity (Wildman–Crippen MR) is 86.8 cm³/mol. The van der Waals surface area contributed by atoms with Crippen LogP contribution in [0.3, 0.4) is 0 Å². The van der Waals surface area contributed by atoms with Gasteiger partial charge in [0, 0.05) is 23.9 Å². The number of aromatic nitrogens is 3. The highest BCUT2D eigenvalue weighted by molar-refractivity contribution is 5.71. The van der Waals surface area contributed by atoms with E-state index < -0.39 is 45.4 Å². The van der Waals surface area contributed by atoms with E-state index >= 15 is 0 Å². The van der Waals surface area contributed by atoms with Crippen LogP contribution < -0.4 is 4.73 Å². The normalized spacial score (nSPS) is 11.4. The van der Waals surface area contributed by atoms with Crippen LogP contribution >= 0.6 is 0 Å². The molecule has 0 unspecified atom stereocenters. The molecule has 0 saturated heterocycles. The Morgan fingerprint density at radius 1 is 1.18 bits per heavy atom. The monoisotopic (exact) mass is 394 g/mol. The average Bonchev–Trinajstić information content (AvgIpc) is 2.62. The van der Waals surface area contributed by atoms with E-state index in [0.29, 0.717) is 6.20 Å². The Kier molecular flexibility index (Phi) is 4.47. The van der Waals surface area contributed by atoms with Gasteiger partial charge in [0.15, 0.2) is 17.8 Å². The van der Waals surface area contributed by atoms with E-state index in [9.17, 15) is 38.7 Å². The molecule has 0 spiro atoms. The van der Waals surface area contributed by atoms with Crippen LogP contribution in [0.1, 0.15) is 5.69 Å². The first kappa shape index (κ1) is 18.8. The van der Waals surface area contributed by atoms with Crippen LogP contribution in [-0.4, -0.2) is 25.1 Å². The lowest BCUT2D eigenvalue weighted by molar-refractivity contribution is -0.628. The number of hydrogen-bond donors (Lipinski definition) is 2. The summed E-state index contributed by atoms with van der Waals surface area (Å²) in [6.45, 7) is 0. The molecule has 0 aliphatic rings. The number of alkyl halides is 3. The first-order valence-electron chi connectivity index (χ1n) is 7.43. The molecule has 2 N–H and O–H groups in total. The zero-order valence-electron chi connectivity index (χ0n) is 13.6. The second-order valence-electron chi connectivity index (χ2n) is 5.48. The van der Waals surface area contributed by atoms with Crippen LogP contribution in [0.4, 0.5) is 18.9 Å². The maximum absolute atomic E-state index is 13.2. The highest BCUT2D eigenvalue weighted by Gasteiger charge is 2.43. The Balaban J connectivity index is 2.19. The molecule has 0 aliphatic carbocycles. The van der Waals surface area contributed by atoms with Crippen LogP contribution in [0.15, 0.2) is 42.7 Å². The summed E-state index contributed by atoms with van der Waals surface area (Å²) in [5, 5.41) is 41.8. The molecule has 9 nitrogen and oxygen atoms in total. The number of pyridine rings is 1. The quantitative estimate of drug-likeness (QED) is 0.229. The van der Waals surface area contributed by atoms with Crippen LogP contribution in [0.5, 0.6) is 11.5 Å². The minimum Gasteiger partial charge on any atom is -0.618 e. The van der Waals surface area contributed by atoms with E-state index in [1.807, 2.05) is 0 Å². The molecule has 0 saturated carbocycles. The van der Waals surface area contributed by atoms with Gasteiger partial charge in [0.2, 0.25) is 5.75 Å². The molecular formula is C16H9F3N4O5. The molecule has 0 radical (unpaired) electrons. The summed E-state index contributed by atoms with van der Waals surface area (Å²) in [5.41, 5.74) is -3.05. The van der Waals surface area contributed by atoms with Crippen molar-refractivity contribution in [3.63, 3.8) is 0 Å². The van der Waals surface area contributed by atoms with Gasteiger partial charge in [-0.3, -0.25) is 10.1 Å². The van der Waals surface area contributed by atoms with Crippen molar-refractivity contribution in [2.24, 2.45) is 0 Å². The number of nitro groups is 1. The van der Waals surface area contributed by atoms with Gasteiger partial charge in [-0.05, 0) is 18.2 Å². The van der Waals surface area contributed by atoms with Crippen molar-refractivity contribution in [2.45, 2.75) is 6.18 Å². The Morgan fingerprint density at radius 3 is 2.54 bits per heavy atom. The number of rotatable bonds is 3. The van der Waals surface area contributed by atoms with Crippen molar-refractivity contribution in [3.8, 4) is 34.1 Å². The fourth-order valence-corrected chi connectivity index (χ4v) is 2.49. The van der Waals surface area contributed by atoms with Crippen LogP contribution in [0.2, 0.25) is 0 Å². The van der Waals surface area contributed by atoms with Gasteiger partial charge < -0.3 is 15.4 Å². The lowest BCUT2D eigenvalue weighted by atomic mass is 10.1. The summed E-state index contributed by atoms with van der Waals surface area (Å²) in [7, 11) is 0. The molecule has 3 rings (SSSR count). The number of benzene rings is 1. The molecule has 3 aromatic rings. The van der Waals surface area contributed by atoms with E-state index in [1.54, 1.807) is 0 Å². The van der Waals surface area contributed by atoms with Gasteiger partial charge in [0.25, 0.3) is 0 Å². The van der Waals surface area contributed by atoms with Gasteiger partial charge in [0.1, 0.15) is 0 Å². The van der Waals surface area contributed by atoms with Crippen LogP contribution in [0.25, 0.3) is 22.6 Å². The number of hydrogen-bond acceptors (Lipinski definition) is 7. The van der Waals surface area contributed by atoms with Gasteiger partial charge in [-0.2, -0.15) is 17.9 Å². The summed E-state index contributed by atoms with van der Waals surface area (Å²) in [6.07, 6.45) is -3.21. The molecule has 0 fully saturated rings. The number of phenolic OH excluding ortho intramolecular Hbond substituents is 2. The number of nitrogens with zero attached hydrogens (tertiary/aromatic N) is 4. The van der Waals surface area contributed by atoms with E-state index in [0.717, 1.165) is 30.5 Å². The van der Waals surface area contributed by atoms with Crippen molar-refractivity contribution in [1.82, 2.24) is 9.97 Å². The Morgan fingerprint density at radius 2 is 1.89 bits per heavy atom. The van der Waals surface area contributed by atoms with Crippen LogP contribution in [0, 0.1) is 15.3 Å². The summed E-state index contributed by atoms with van der Waals surface area (Å²) < 4.78 is 39.4. The van der Waals surface area contributed by atoms with E-state index in [4.69, 9.17) is 0 Å². The van der Waals surface area contributed by atoms with Gasteiger partial charge in [-0.15, -0.1) is 0 Å². The largest absolute Gasteiger partial charge is 0.618 e. The van der Waals surface area contributed by atoms with Crippen molar-refractivity contribution in [1.29, 1.82) is 0 Å². The number of aromatic hydroxyl groups is 2. The topological polar surface area (TPSA) is 136 Å². The van der Waals surface area contributed by atoms with Crippen molar-refractivity contribution >= 4 is 5.69 Å². The standard InChI is InChI=1S/C16H9F3N4O5/c17-16(18,19)14-9(2-1-5-22(14)26)15-20-4-3-10(21-15)8-6-11(23(27)28)13(25)12(24)7-8/h1-7,24-25H. The van der Waals surface area contributed by atoms with Crippen LogP contribution in [-0.2, 0) is 6.18 Å². The Bertz CT molecular complexity index is 1090. The molecule has 0 bridgehead atoms. The Hall–Kier alpha value is -3.96. The second-order valence-corrected chi connectivity index (χ2v) is 5.48. The Labute approximate surface area is 153 Å². The average molecular weight is 394 g/mol. The van der Waals surface area contributed by atoms with E-state index in [1.165, 1.54) is 6.07 Å². The lowest BCUT2D eigenvalue weighted by Gasteiger charge is -2.12. The number of halogens is 3. The fraction of sp³-hybridized carbons (Fsp3) is 0.0625. The summed E-state index contributed by atoms with van der Waals surface area (Å²) in [6, 6.07) is 5.18. The molecule has 0 amide bonds. The summed E-state index contributed by atoms with van der Waals surface area (Å²) in [4.78, 5) is 17.7. The first-order valence-corrected chi connectivity index (χ1v) is 7.43. The molecular weight excluding hydrogens is 385 g/mol. The molecule has 2 heterocycles. The minimum absolute atomic E-state index is 0.0508. The third-order valence-electron chi connectivity index (χ3n) is 3.69. The third-order valence-corrected chi connectivity index (χ3v) is 3.69. The molecule has 1 aromatic carbocycles. The van der Waals surface area contributed by atoms with Gasteiger partial charge in [-0.1, -0.05) is 0 Å². The second kappa shape index (κ2) is 6.64. The maximum Gasteiger partial charge on any atom is 0.479 e. The molecule has 12 heteroatoms. The summed E-state index contributed by atoms with van der Waals surface area (Å²) >= 11 is 0. The number of nitro benzene ring substituents is 1. The molecule has 0 atom stereocenters. The van der Waals surface area contributed by atoms with Crippen molar-refractivity contribution in [2.75, 3.05) is 0 Å². The van der Waals surface area contributed by atoms with Crippen molar-refractivity contribution < 1.29 is 33.0 Å². The van der Waals surface area contributed by atoms with Crippen molar-refractivity contribution in [3.05, 3.63) is 63.7 Å². The zero-order valence-corrected chi connectivity index (χ0v) is 13.6. The lowest BCUT2D eigenvalue weighted by Crippen LogP contribution is -2.37. The highest BCUT2D eigenvalue weighted by Crippen LogP contribution is 2.39. The minimum atomic E-state index is -4.98. The number of phenols is 2. The van der Waals surface area contributed by atoms with Gasteiger partial charge in [0.05, 0.1) is 16.2 Å². The fourth-order valence-electron chi connectivity index (χ4n) is 2.49. The predicted octanol–water partition coefficient (Wildman–Crippen LogP) is 2.78. The smallest absolute Gasteiger partial charge is 0.479 e. The molecule has 2 aromatic heterocycles. The maximum atomic E-state index is 13.2. The SMILES string of the molecule is O=[N+]([O-])c1cc(-c2ccnc(-c3ccc[n+]([O-])c3C(F)(F)F)n2)cc(O)c1O. The molecule has 28 heavy (non-hydrogen) atoms. The van der Waals surface area contributed by atoms with E-state index in [-0.39, 0.29) is 16.0 Å². The summed E-state index contributed by atoms with van der Waals surface area (Å²) in [5.74, 6) is -2.22. The molecule has 0 aliphatic heterocycles. The van der Waals surface area contributed by atoms with E-state index in [2.05, 4.69) is 9.97 Å². The van der Waals surface area contributed by atoms with Gasteiger partial charge in [-0.25, -0.2) is 9.97 Å².